The molecule has 0 aliphatic carbocycles. The van der Waals surface area contributed by atoms with Crippen molar-refractivity contribution >= 4 is 0 Å². The van der Waals surface area contributed by atoms with Crippen molar-refractivity contribution in [1.29, 1.82) is 0 Å². The van der Waals surface area contributed by atoms with E-state index in [4.69, 9.17) is 4.74 Å². The molecular formula is C16H27NO2. The van der Waals surface area contributed by atoms with Crippen molar-refractivity contribution in [3.05, 3.63) is 29.3 Å². The zero-order valence-corrected chi connectivity index (χ0v) is 12.6. The lowest BCUT2D eigenvalue weighted by Crippen LogP contribution is -2.47. The van der Waals surface area contributed by atoms with Crippen LogP contribution >= 0.6 is 0 Å². The number of ether oxygens (including phenoxy) is 1. The molecule has 0 bridgehead atoms. The Hall–Kier alpha value is -1.06. The summed E-state index contributed by atoms with van der Waals surface area (Å²) in [6.45, 7) is 9.95. The van der Waals surface area contributed by atoms with E-state index < -0.39 is 0 Å². The lowest BCUT2D eigenvalue weighted by molar-refractivity contribution is 0.144. The molecule has 108 valence electrons. The Morgan fingerprint density at radius 1 is 1.21 bits per heavy atom. The summed E-state index contributed by atoms with van der Waals surface area (Å²) in [5.41, 5.74) is 2.17. The summed E-state index contributed by atoms with van der Waals surface area (Å²) >= 11 is 0. The Labute approximate surface area is 117 Å². The Kier molecular flexibility index (Phi) is 6.32. The zero-order valence-electron chi connectivity index (χ0n) is 12.6. The number of aryl methyl sites for hydroxylation is 2. The van der Waals surface area contributed by atoms with E-state index in [-0.39, 0.29) is 12.1 Å². The number of benzene rings is 1. The minimum atomic E-state index is -0.255. The van der Waals surface area contributed by atoms with Crippen molar-refractivity contribution in [2.45, 2.75) is 46.1 Å². The SMILES string of the molecule is CCCNC(C)(CO)CCOc1cc(C)cc(C)c1. The Morgan fingerprint density at radius 3 is 2.37 bits per heavy atom. The summed E-state index contributed by atoms with van der Waals surface area (Å²) in [6.07, 6.45) is 1.85. The molecule has 0 heterocycles. The van der Waals surface area contributed by atoms with Crippen LogP contribution in [0.3, 0.4) is 0 Å². The molecular weight excluding hydrogens is 238 g/mol. The maximum atomic E-state index is 9.48. The maximum Gasteiger partial charge on any atom is 0.119 e. The van der Waals surface area contributed by atoms with Crippen LogP contribution in [0.1, 0.15) is 37.8 Å². The van der Waals surface area contributed by atoms with Crippen LogP contribution in [-0.4, -0.2) is 30.4 Å². The smallest absolute Gasteiger partial charge is 0.119 e. The highest BCUT2D eigenvalue weighted by molar-refractivity contribution is 5.32. The fourth-order valence-electron chi connectivity index (χ4n) is 2.06. The van der Waals surface area contributed by atoms with Gasteiger partial charge in [0.2, 0.25) is 0 Å². The van der Waals surface area contributed by atoms with Crippen LogP contribution in [0.15, 0.2) is 18.2 Å². The average molecular weight is 265 g/mol. The van der Waals surface area contributed by atoms with E-state index in [1.807, 2.05) is 19.1 Å². The summed E-state index contributed by atoms with van der Waals surface area (Å²) in [5.74, 6) is 0.910. The van der Waals surface area contributed by atoms with Gasteiger partial charge in [-0.1, -0.05) is 13.0 Å². The average Bonchev–Trinajstić information content (AvgIpc) is 2.35. The van der Waals surface area contributed by atoms with Gasteiger partial charge in [0.25, 0.3) is 0 Å². The molecule has 1 rings (SSSR count). The minimum absolute atomic E-state index is 0.128. The number of rotatable bonds is 8. The number of aliphatic hydroxyl groups excluding tert-OH is 1. The predicted molar refractivity (Wildman–Crippen MR) is 79.8 cm³/mol. The van der Waals surface area contributed by atoms with Gasteiger partial charge in [-0.25, -0.2) is 0 Å². The molecule has 19 heavy (non-hydrogen) atoms. The van der Waals surface area contributed by atoms with Crippen LogP contribution in [0, 0.1) is 13.8 Å². The van der Waals surface area contributed by atoms with Gasteiger partial charge in [0.15, 0.2) is 0 Å². The summed E-state index contributed by atoms with van der Waals surface area (Å²) in [7, 11) is 0. The molecule has 3 heteroatoms. The summed E-state index contributed by atoms with van der Waals surface area (Å²) in [6, 6.07) is 6.22. The second kappa shape index (κ2) is 7.51. The lowest BCUT2D eigenvalue weighted by Gasteiger charge is -2.28. The van der Waals surface area contributed by atoms with Crippen LogP contribution in [-0.2, 0) is 0 Å². The van der Waals surface area contributed by atoms with E-state index in [0.717, 1.165) is 25.1 Å². The highest BCUT2D eigenvalue weighted by Crippen LogP contribution is 2.17. The largest absolute Gasteiger partial charge is 0.494 e. The molecule has 0 fully saturated rings. The van der Waals surface area contributed by atoms with Gasteiger partial charge in [-0.3, -0.25) is 0 Å². The van der Waals surface area contributed by atoms with Gasteiger partial charge in [0.05, 0.1) is 13.2 Å². The topological polar surface area (TPSA) is 41.5 Å². The van der Waals surface area contributed by atoms with Crippen molar-refractivity contribution in [2.24, 2.45) is 0 Å². The standard InChI is InChI=1S/C16H27NO2/c1-5-7-17-16(4,12-18)6-8-19-15-10-13(2)9-14(3)11-15/h9-11,17-18H,5-8,12H2,1-4H3. The summed E-state index contributed by atoms with van der Waals surface area (Å²) in [4.78, 5) is 0. The van der Waals surface area contributed by atoms with Crippen molar-refractivity contribution in [1.82, 2.24) is 5.32 Å². The molecule has 0 aliphatic heterocycles. The first-order valence-corrected chi connectivity index (χ1v) is 7.06. The van der Waals surface area contributed by atoms with Crippen LogP contribution in [0.25, 0.3) is 0 Å². The fraction of sp³-hybridized carbons (Fsp3) is 0.625. The van der Waals surface area contributed by atoms with Gasteiger partial charge in [-0.2, -0.15) is 0 Å². The van der Waals surface area contributed by atoms with E-state index in [9.17, 15) is 5.11 Å². The molecule has 0 aliphatic rings. The second-order valence-electron chi connectivity index (χ2n) is 5.57. The molecule has 0 amide bonds. The third-order valence-electron chi connectivity index (χ3n) is 3.27. The minimum Gasteiger partial charge on any atom is -0.494 e. The van der Waals surface area contributed by atoms with Gasteiger partial charge < -0.3 is 15.2 Å². The first-order valence-electron chi connectivity index (χ1n) is 7.06. The Balaban J connectivity index is 2.47. The van der Waals surface area contributed by atoms with Crippen LogP contribution < -0.4 is 10.1 Å². The lowest BCUT2D eigenvalue weighted by atomic mass is 9.99. The maximum absolute atomic E-state index is 9.48. The van der Waals surface area contributed by atoms with Crippen LogP contribution in [0.2, 0.25) is 0 Å². The van der Waals surface area contributed by atoms with Gasteiger partial charge in [-0.05, 0) is 57.0 Å². The number of aliphatic hydroxyl groups is 1. The van der Waals surface area contributed by atoms with E-state index in [1.165, 1.54) is 11.1 Å². The molecule has 0 aromatic heterocycles. The van der Waals surface area contributed by atoms with Gasteiger partial charge in [0.1, 0.15) is 5.75 Å². The van der Waals surface area contributed by atoms with Crippen molar-refractivity contribution in [3.8, 4) is 5.75 Å². The van der Waals surface area contributed by atoms with E-state index in [0.29, 0.717) is 6.61 Å². The van der Waals surface area contributed by atoms with Gasteiger partial charge >= 0.3 is 0 Å². The molecule has 1 aromatic rings. The normalized spacial score (nSPS) is 14.2. The van der Waals surface area contributed by atoms with Crippen LogP contribution in [0.4, 0.5) is 0 Å². The highest BCUT2D eigenvalue weighted by atomic mass is 16.5. The summed E-state index contributed by atoms with van der Waals surface area (Å²) in [5, 5.41) is 12.9. The van der Waals surface area contributed by atoms with Crippen molar-refractivity contribution in [3.63, 3.8) is 0 Å². The molecule has 1 atom stereocenters. The number of nitrogens with one attached hydrogen (secondary N) is 1. The first kappa shape index (κ1) is 16.0. The molecule has 1 unspecified atom stereocenters. The van der Waals surface area contributed by atoms with Crippen LogP contribution in [0.5, 0.6) is 5.75 Å². The predicted octanol–water partition coefficient (Wildman–Crippen LogP) is 2.82. The van der Waals surface area contributed by atoms with E-state index in [2.05, 4.69) is 32.2 Å². The quantitative estimate of drug-likeness (QED) is 0.759. The van der Waals surface area contributed by atoms with Crippen molar-refractivity contribution in [2.75, 3.05) is 19.8 Å². The number of hydrogen-bond donors (Lipinski definition) is 2. The molecule has 0 saturated carbocycles. The first-order chi connectivity index (χ1) is 8.99. The Morgan fingerprint density at radius 2 is 1.84 bits per heavy atom. The van der Waals surface area contributed by atoms with Gasteiger partial charge in [-0.15, -0.1) is 0 Å². The molecule has 2 N–H and O–H groups in total. The second-order valence-corrected chi connectivity index (χ2v) is 5.57. The number of hydrogen-bond acceptors (Lipinski definition) is 3. The molecule has 3 nitrogen and oxygen atoms in total. The Bertz CT molecular complexity index is 372. The van der Waals surface area contributed by atoms with E-state index in [1.54, 1.807) is 0 Å². The van der Waals surface area contributed by atoms with Gasteiger partial charge in [0, 0.05) is 12.0 Å². The highest BCUT2D eigenvalue weighted by Gasteiger charge is 2.21. The van der Waals surface area contributed by atoms with E-state index >= 15 is 0 Å². The summed E-state index contributed by atoms with van der Waals surface area (Å²) < 4.78 is 5.79. The zero-order chi connectivity index (χ0) is 14.3. The molecule has 1 aromatic carbocycles. The van der Waals surface area contributed by atoms with Crippen molar-refractivity contribution < 1.29 is 9.84 Å². The molecule has 0 saturated heterocycles. The third kappa shape index (κ3) is 5.62. The third-order valence-corrected chi connectivity index (χ3v) is 3.27. The fourth-order valence-corrected chi connectivity index (χ4v) is 2.06. The monoisotopic (exact) mass is 265 g/mol. The molecule has 0 radical (unpaired) electrons. The molecule has 0 spiro atoms.